The molecule has 0 bridgehead atoms. The van der Waals surface area contributed by atoms with Gasteiger partial charge in [-0.25, -0.2) is 0 Å². The van der Waals surface area contributed by atoms with Crippen molar-refractivity contribution in [2.45, 2.75) is 90.2 Å². The highest BCUT2D eigenvalue weighted by atomic mass is 16.3. The van der Waals surface area contributed by atoms with Gasteiger partial charge in [-0.15, -0.1) is 0 Å². The first-order valence-corrected chi connectivity index (χ1v) is 9.72. The summed E-state index contributed by atoms with van der Waals surface area (Å²) in [6.07, 6.45) is 13.2. The highest BCUT2D eigenvalue weighted by Gasteiger charge is 2.14. The lowest BCUT2D eigenvalue weighted by Gasteiger charge is -2.20. The van der Waals surface area contributed by atoms with Gasteiger partial charge in [-0.1, -0.05) is 95.0 Å². The molecule has 2 N–H and O–H groups in total. The fraction of sp³-hybridized carbons (Fsp3) is 0.714. The maximum absolute atomic E-state index is 10.3. The Labute approximate surface area is 143 Å². The molecule has 0 aromatic heterocycles. The number of nitrogens with one attached hydrogen (secondary N) is 1. The molecule has 2 atom stereocenters. The molecule has 0 fully saturated rings. The van der Waals surface area contributed by atoms with Gasteiger partial charge in [-0.2, -0.15) is 0 Å². The molecule has 0 heterocycles. The van der Waals surface area contributed by atoms with Gasteiger partial charge in [0.25, 0.3) is 0 Å². The summed E-state index contributed by atoms with van der Waals surface area (Å²) in [5, 5.41) is 13.7. The van der Waals surface area contributed by atoms with Crippen molar-refractivity contribution < 1.29 is 5.11 Å². The van der Waals surface area contributed by atoms with Crippen molar-refractivity contribution in [2.75, 3.05) is 6.54 Å². The molecule has 0 aliphatic heterocycles. The summed E-state index contributed by atoms with van der Waals surface area (Å²) in [5.41, 5.74) is 0.996. The fourth-order valence-electron chi connectivity index (χ4n) is 2.99. The SMILES string of the molecule is CCCCCCCCCCCCNC(C)C(O)c1ccccc1. The third kappa shape index (κ3) is 9.78. The zero-order chi connectivity index (χ0) is 16.8. The van der Waals surface area contributed by atoms with Gasteiger partial charge in [0, 0.05) is 6.04 Å². The minimum atomic E-state index is -0.417. The van der Waals surface area contributed by atoms with Crippen LogP contribution in [0.4, 0.5) is 0 Å². The molecular formula is C21H37NO. The molecule has 0 saturated carbocycles. The van der Waals surface area contributed by atoms with E-state index in [4.69, 9.17) is 0 Å². The Morgan fingerprint density at radius 1 is 0.826 bits per heavy atom. The number of aliphatic hydroxyl groups excluding tert-OH is 1. The highest BCUT2D eigenvalue weighted by Crippen LogP contribution is 2.16. The van der Waals surface area contributed by atoms with E-state index >= 15 is 0 Å². The van der Waals surface area contributed by atoms with Crippen molar-refractivity contribution >= 4 is 0 Å². The van der Waals surface area contributed by atoms with E-state index < -0.39 is 6.10 Å². The molecule has 132 valence electrons. The quantitative estimate of drug-likeness (QED) is 0.436. The third-order valence-electron chi connectivity index (χ3n) is 4.61. The average Bonchev–Trinajstić information content (AvgIpc) is 2.59. The lowest BCUT2D eigenvalue weighted by atomic mass is 10.0. The second kappa shape index (κ2) is 13.6. The van der Waals surface area contributed by atoms with Gasteiger partial charge in [-0.3, -0.25) is 0 Å². The summed E-state index contributed by atoms with van der Waals surface area (Å²) < 4.78 is 0. The first kappa shape index (κ1) is 20.2. The maximum atomic E-state index is 10.3. The molecule has 2 unspecified atom stereocenters. The highest BCUT2D eigenvalue weighted by molar-refractivity contribution is 5.18. The third-order valence-corrected chi connectivity index (χ3v) is 4.61. The Kier molecular flexibility index (Phi) is 11.9. The van der Waals surface area contributed by atoms with E-state index in [0.717, 1.165) is 12.1 Å². The van der Waals surface area contributed by atoms with Crippen molar-refractivity contribution in [3.8, 4) is 0 Å². The molecule has 0 saturated heterocycles. The maximum Gasteiger partial charge on any atom is 0.0940 e. The summed E-state index contributed by atoms with van der Waals surface area (Å²) in [6.45, 7) is 5.34. The zero-order valence-electron chi connectivity index (χ0n) is 15.3. The first-order chi connectivity index (χ1) is 11.3. The van der Waals surface area contributed by atoms with Crippen LogP contribution in [0.15, 0.2) is 30.3 Å². The molecule has 2 nitrogen and oxygen atoms in total. The second-order valence-corrected chi connectivity index (χ2v) is 6.78. The van der Waals surface area contributed by atoms with Crippen LogP contribution in [0, 0.1) is 0 Å². The van der Waals surface area contributed by atoms with Crippen LogP contribution in [0.2, 0.25) is 0 Å². The van der Waals surface area contributed by atoms with Crippen LogP contribution in [0.5, 0.6) is 0 Å². The van der Waals surface area contributed by atoms with E-state index in [9.17, 15) is 5.11 Å². The Morgan fingerprint density at radius 3 is 1.91 bits per heavy atom. The van der Waals surface area contributed by atoms with E-state index in [1.807, 2.05) is 30.3 Å². The van der Waals surface area contributed by atoms with Crippen LogP contribution in [-0.2, 0) is 0 Å². The zero-order valence-corrected chi connectivity index (χ0v) is 15.3. The van der Waals surface area contributed by atoms with E-state index in [0.29, 0.717) is 0 Å². The Morgan fingerprint density at radius 2 is 1.35 bits per heavy atom. The van der Waals surface area contributed by atoms with E-state index in [1.54, 1.807) is 0 Å². The largest absolute Gasteiger partial charge is 0.387 e. The van der Waals surface area contributed by atoms with Crippen molar-refractivity contribution in [1.29, 1.82) is 0 Å². The fourth-order valence-corrected chi connectivity index (χ4v) is 2.99. The molecule has 1 aromatic rings. The molecular weight excluding hydrogens is 282 g/mol. The smallest absolute Gasteiger partial charge is 0.0940 e. The number of unbranched alkanes of at least 4 members (excludes halogenated alkanes) is 9. The number of benzene rings is 1. The monoisotopic (exact) mass is 319 g/mol. The van der Waals surface area contributed by atoms with Gasteiger partial charge < -0.3 is 10.4 Å². The van der Waals surface area contributed by atoms with Crippen LogP contribution in [0.3, 0.4) is 0 Å². The average molecular weight is 320 g/mol. The Bertz CT molecular complexity index is 365. The summed E-state index contributed by atoms with van der Waals surface area (Å²) >= 11 is 0. The summed E-state index contributed by atoms with van der Waals surface area (Å²) in [5.74, 6) is 0. The molecule has 0 radical (unpaired) electrons. The van der Waals surface area contributed by atoms with Gasteiger partial charge >= 0.3 is 0 Å². The van der Waals surface area contributed by atoms with E-state index in [-0.39, 0.29) is 6.04 Å². The van der Waals surface area contributed by atoms with Gasteiger partial charge in [-0.05, 0) is 25.5 Å². The van der Waals surface area contributed by atoms with Crippen LogP contribution in [0.25, 0.3) is 0 Å². The van der Waals surface area contributed by atoms with Crippen molar-refractivity contribution in [3.05, 3.63) is 35.9 Å². The van der Waals surface area contributed by atoms with Gasteiger partial charge in [0.1, 0.15) is 0 Å². The van der Waals surface area contributed by atoms with Gasteiger partial charge in [0.15, 0.2) is 0 Å². The molecule has 1 aromatic carbocycles. The van der Waals surface area contributed by atoms with E-state index in [1.165, 1.54) is 64.2 Å². The van der Waals surface area contributed by atoms with Gasteiger partial charge in [0.2, 0.25) is 0 Å². The summed E-state index contributed by atoms with van der Waals surface area (Å²) in [4.78, 5) is 0. The molecule has 0 amide bonds. The molecule has 0 aliphatic carbocycles. The predicted octanol–water partition coefficient (Wildman–Crippen LogP) is 5.62. The van der Waals surface area contributed by atoms with Gasteiger partial charge in [0.05, 0.1) is 6.10 Å². The topological polar surface area (TPSA) is 32.3 Å². The lowest BCUT2D eigenvalue weighted by molar-refractivity contribution is 0.136. The van der Waals surface area contributed by atoms with Crippen LogP contribution in [-0.4, -0.2) is 17.7 Å². The minimum Gasteiger partial charge on any atom is -0.387 e. The summed E-state index contributed by atoms with van der Waals surface area (Å²) in [7, 11) is 0. The number of rotatable bonds is 14. The minimum absolute atomic E-state index is 0.107. The number of hydrogen-bond donors (Lipinski definition) is 2. The Balaban J connectivity index is 1.94. The van der Waals surface area contributed by atoms with Crippen LogP contribution >= 0.6 is 0 Å². The van der Waals surface area contributed by atoms with Crippen LogP contribution < -0.4 is 5.32 Å². The first-order valence-electron chi connectivity index (χ1n) is 9.72. The Hall–Kier alpha value is -0.860. The second-order valence-electron chi connectivity index (χ2n) is 6.78. The standard InChI is InChI=1S/C21H37NO/c1-3-4-5-6-7-8-9-10-11-15-18-22-19(2)21(23)20-16-13-12-14-17-20/h12-14,16-17,19,21-23H,3-11,15,18H2,1-2H3. The molecule has 2 heteroatoms. The van der Waals surface area contributed by atoms with Crippen molar-refractivity contribution in [1.82, 2.24) is 5.32 Å². The molecule has 23 heavy (non-hydrogen) atoms. The number of aliphatic hydroxyl groups is 1. The predicted molar refractivity (Wildman–Crippen MR) is 101 cm³/mol. The summed E-state index contributed by atoms with van der Waals surface area (Å²) in [6, 6.07) is 10.0. The van der Waals surface area contributed by atoms with E-state index in [2.05, 4.69) is 19.2 Å². The molecule has 0 spiro atoms. The molecule has 1 rings (SSSR count). The molecule has 0 aliphatic rings. The van der Waals surface area contributed by atoms with Crippen LogP contribution in [0.1, 0.15) is 89.7 Å². The lowest BCUT2D eigenvalue weighted by Crippen LogP contribution is -2.32. The normalized spacial score (nSPS) is 13.9. The van der Waals surface area contributed by atoms with Crippen molar-refractivity contribution in [3.63, 3.8) is 0 Å². The van der Waals surface area contributed by atoms with Crippen molar-refractivity contribution in [2.24, 2.45) is 0 Å². The number of hydrogen-bond acceptors (Lipinski definition) is 2.